The molecule has 18 heavy (non-hydrogen) atoms. The Labute approximate surface area is 116 Å². The number of hydrogen-bond acceptors (Lipinski definition) is 3. The van der Waals surface area contributed by atoms with Crippen LogP contribution in [0.5, 0.6) is 0 Å². The van der Waals surface area contributed by atoms with Gasteiger partial charge in [0.25, 0.3) is 0 Å². The summed E-state index contributed by atoms with van der Waals surface area (Å²) in [7, 11) is 0. The number of hydrogen-bond donors (Lipinski definition) is 1. The molecule has 0 bridgehead atoms. The summed E-state index contributed by atoms with van der Waals surface area (Å²) in [6, 6.07) is 7.86. The Bertz CT molecular complexity index is 457. The molecule has 1 aromatic carbocycles. The first-order chi connectivity index (χ1) is 8.49. The number of ether oxygens (including phenoxy) is 1. The lowest BCUT2D eigenvalue weighted by molar-refractivity contribution is 0.0331. The third kappa shape index (κ3) is 2.75. The van der Waals surface area contributed by atoms with Gasteiger partial charge in [-0.15, -0.1) is 0 Å². The molecule has 0 saturated carbocycles. The Morgan fingerprint density at radius 1 is 1.33 bits per heavy atom. The fourth-order valence-corrected chi connectivity index (χ4v) is 2.51. The van der Waals surface area contributed by atoms with Crippen LogP contribution in [0.25, 0.3) is 0 Å². The van der Waals surface area contributed by atoms with Crippen molar-refractivity contribution in [1.82, 2.24) is 0 Å². The summed E-state index contributed by atoms with van der Waals surface area (Å²) >= 11 is 3.44. The van der Waals surface area contributed by atoms with Gasteiger partial charge in [0.05, 0.1) is 12.1 Å². The van der Waals surface area contributed by atoms with E-state index in [4.69, 9.17) is 4.74 Å². The SMILES string of the molecule is CC(C)C1N=C(c2cccc(Br)c2)OC1C(C)O. The summed E-state index contributed by atoms with van der Waals surface area (Å²) in [5.41, 5.74) is 0.943. The lowest BCUT2D eigenvalue weighted by atomic mass is 9.97. The lowest BCUT2D eigenvalue weighted by Crippen LogP contribution is -2.36. The Morgan fingerprint density at radius 3 is 2.56 bits per heavy atom. The number of benzene rings is 1. The highest BCUT2D eigenvalue weighted by Crippen LogP contribution is 2.26. The van der Waals surface area contributed by atoms with Crippen molar-refractivity contribution in [1.29, 1.82) is 0 Å². The molecule has 1 N–H and O–H groups in total. The molecule has 98 valence electrons. The molecular formula is C14H18BrNO2. The Kier molecular flexibility index (Phi) is 4.07. The predicted octanol–water partition coefficient (Wildman–Crippen LogP) is 3.00. The molecule has 0 radical (unpaired) electrons. The van der Waals surface area contributed by atoms with E-state index < -0.39 is 6.10 Å². The quantitative estimate of drug-likeness (QED) is 0.932. The monoisotopic (exact) mass is 311 g/mol. The van der Waals surface area contributed by atoms with Crippen LogP contribution < -0.4 is 0 Å². The Morgan fingerprint density at radius 2 is 2.06 bits per heavy atom. The molecule has 1 aromatic rings. The number of aliphatic hydroxyl groups excluding tert-OH is 1. The van der Waals surface area contributed by atoms with Gasteiger partial charge >= 0.3 is 0 Å². The van der Waals surface area contributed by atoms with E-state index in [9.17, 15) is 5.11 Å². The summed E-state index contributed by atoms with van der Waals surface area (Å²) in [6.45, 7) is 5.94. The van der Waals surface area contributed by atoms with Crippen LogP contribution in [-0.4, -0.2) is 29.3 Å². The molecule has 0 fully saturated rings. The van der Waals surface area contributed by atoms with Crippen molar-refractivity contribution in [3.8, 4) is 0 Å². The number of aliphatic hydroxyl groups is 1. The van der Waals surface area contributed by atoms with Crippen LogP contribution >= 0.6 is 15.9 Å². The van der Waals surface area contributed by atoms with Gasteiger partial charge in [0.15, 0.2) is 0 Å². The van der Waals surface area contributed by atoms with Gasteiger partial charge in [-0.25, -0.2) is 4.99 Å². The van der Waals surface area contributed by atoms with Crippen LogP contribution in [0.1, 0.15) is 26.3 Å². The maximum absolute atomic E-state index is 9.78. The fraction of sp³-hybridized carbons (Fsp3) is 0.500. The van der Waals surface area contributed by atoms with Crippen molar-refractivity contribution < 1.29 is 9.84 Å². The van der Waals surface area contributed by atoms with Crippen molar-refractivity contribution in [3.63, 3.8) is 0 Å². The van der Waals surface area contributed by atoms with Gasteiger partial charge in [-0.2, -0.15) is 0 Å². The summed E-state index contributed by atoms with van der Waals surface area (Å²) in [6.07, 6.45) is -0.773. The molecule has 0 spiro atoms. The van der Waals surface area contributed by atoms with Crippen LogP contribution in [0.15, 0.2) is 33.7 Å². The van der Waals surface area contributed by atoms with Crippen molar-refractivity contribution in [3.05, 3.63) is 34.3 Å². The molecule has 3 nitrogen and oxygen atoms in total. The van der Waals surface area contributed by atoms with Crippen molar-refractivity contribution >= 4 is 21.8 Å². The van der Waals surface area contributed by atoms with Crippen molar-refractivity contribution in [2.24, 2.45) is 10.9 Å². The number of aliphatic imine (C=N–C) groups is 1. The maximum Gasteiger partial charge on any atom is 0.216 e. The smallest absolute Gasteiger partial charge is 0.216 e. The van der Waals surface area contributed by atoms with Crippen LogP contribution in [0.4, 0.5) is 0 Å². The molecule has 1 aliphatic heterocycles. The molecule has 1 heterocycles. The second-order valence-electron chi connectivity index (χ2n) is 5.00. The third-order valence-corrected chi connectivity index (χ3v) is 3.57. The highest BCUT2D eigenvalue weighted by molar-refractivity contribution is 9.10. The third-order valence-electron chi connectivity index (χ3n) is 3.08. The van der Waals surface area contributed by atoms with Gasteiger partial charge in [-0.3, -0.25) is 0 Å². The van der Waals surface area contributed by atoms with Gasteiger partial charge < -0.3 is 9.84 Å². The van der Waals surface area contributed by atoms with Crippen LogP contribution in [0.3, 0.4) is 0 Å². The molecule has 1 aliphatic rings. The normalized spacial score (nSPS) is 24.9. The molecule has 4 heteroatoms. The Balaban J connectivity index is 2.28. The predicted molar refractivity (Wildman–Crippen MR) is 75.9 cm³/mol. The number of nitrogens with zero attached hydrogens (tertiary/aromatic N) is 1. The largest absolute Gasteiger partial charge is 0.469 e. The van der Waals surface area contributed by atoms with E-state index in [1.54, 1.807) is 6.92 Å². The molecule has 3 unspecified atom stereocenters. The van der Waals surface area contributed by atoms with E-state index in [0.717, 1.165) is 10.0 Å². The van der Waals surface area contributed by atoms with E-state index in [-0.39, 0.29) is 12.1 Å². The molecule has 0 aromatic heterocycles. The first-order valence-electron chi connectivity index (χ1n) is 6.17. The van der Waals surface area contributed by atoms with Gasteiger partial charge in [0.2, 0.25) is 5.90 Å². The fourth-order valence-electron chi connectivity index (χ4n) is 2.11. The molecular weight excluding hydrogens is 294 g/mol. The van der Waals surface area contributed by atoms with Crippen molar-refractivity contribution in [2.75, 3.05) is 0 Å². The first kappa shape index (κ1) is 13.6. The van der Waals surface area contributed by atoms with Gasteiger partial charge in [0.1, 0.15) is 6.10 Å². The second-order valence-corrected chi connectivity index (χ2v) is 5.92. The summed E-state index contributed by atoms with van der Waals surface area (Å²) in [5, 5.41) is 9.78. The molecule has 3 atom stereocenters. The zero-order valence-electron chi connectivity index (χ0n) is 10.8. The van der Waals surface area contributed by atoms with E-state index in [0.29, 0.717) is 11.8 Å². The zero-order valence-corrected chi connectivity index (χ0v) is 12.4. The van der Waals surface area contributed by atoms with Gasteiger partial charge in [-0.1, -0.05) is 35.8 Å². The minimum absolute atomic E-state index is 0.0129. The summed E-state index contributed by atoms with van der Waals surface area (Å²) in [5.74, 6) is 0.968. The standard InChI is InChI=1S/C14H18BrNO2/c1-8(2)12-13(9(3)17)18-14(16-12)10-5-4-6-11(15)7-10/h4-9,12-13,17H,1-3H3. The van der Waals surface area contributed by atoms with Crippen LogP contribution in [0, 0.1) is 5.92 Å². The molecule has 0 amide bonds. The first-order valence-corrected chi connectivity index (χ1v) is 6.97. The molecule has 2 rings (SSSR count). The lowest BCUT2D eigenvalue weighted by Gasteiger charge is -2.22. The average molecular weight is 312 g/mol. The summed E-state index contributed by atoms with van der Waals surface area (Å²) < 4.78 is 6.81. The maximum atomic E-state index is 9.78. The van der Waals surface area contributed by atoms with E-state index in [2.05, 4.69) is 34.8 Å². The minimum Gasteiger partial charge on any atom is -0.469 e. The van der Waals surface area contributed by atoms with Crippen LogP contribution in [0.2, 0.25) is 0 Å². The highest BCUT2D eigenvalue weighted by atomic mass is 79.9. The highest BCUT2D eigenvalue weighted by Gasteiger charge is 2.36. The van der Waals surface area contributed by atoms with Crippen molar-refractivity contribution in [2.45, 2.75) is 39.0 Å². The van der Waals surface area contributed by atoms with E-state index >= 15 is 0 Å². The van der Waals surface area contributed by atoms with Crippen LogP contribution in [-0.2, 0) is 4.74 Å². The second kappa shape index (κ2) is 5.41. The van der Waals surface area contributed by atoms with Gasteiger partial charge in [-0.05, 0) is 31.0 Å². The van der Waals surface area contributed by atoms with Gasteiger partial charge in [0, 0.05) is 10.0 Å². The number of halogens is 1. The summed E-state index contributed by atoms with van der Waals surface area (Å²) in [4.78, 5) is 4.62. The zero-order chi connectivity index (χ0) is 13.3. The molecule has 0 aliphatic carbocycles. The average Bonchev–Trinajstić information content (AvgIpc) is 2.73. The van der Waals surface area contributed by atoms with E-state index in [1.807, 2.05) is 24.3 Å². The van der Waals surface area contributed by atoms with E-state index in [1.165, 1.54) is 0 Å². The number of rotatable bonds is 3. The molecule has 0 saturated heterocycles. The minimum atomic E-state index is -0.522. The topological polar surface area (TPSA) is 41.8 Å². The Hall–Kier alpha value is -0.870.